The molecule has 5 aliphatic rings. The number of anilines is 1. The van der Waals surface area contributed by atoms with Crippen LogP contribution in [-0.2, 0) is 38.0 Å². The summed E-state index contributed by atoms with van der Waals surface area (Å²) in [6, 6.07) is 24.0. The van der Waals surface area contributed by atoms with E-state index in [1.807, 2.05) is 60.7 Å². The van der Waals surface area contributed by atoms with Crippen molar-refractivity contribution in [3.05, 3.63) is 101 Å². The largest absolute Gasteiger partial charge is 0.352 e. The molecule has 49 heavy (non-hydrogen) atoms. The molecule has 0 radical (unpaired) electrons. The Balaban J connectivity index is 1.19. The van der Waals surface area contributed by atoms with Crippen molar-refractivity contribution in [2.24, 2.45) is 17.8 Å². The quantitative estimate of drug-likeness (QED) is 0.215. The third-order valence-electron chi connectivity index (χ3n) is 11.8. The monoisotopic (exact) mass is 701 g/mol. The van der Waals surface area contributed by atoms with Gasteiger partial charge in [0.1, 0.15) is 12.6 Å². The van der Waals surface area contributed by atoms with Crippen molar-refractivity contribution < 1.29 is 18.0 Å². The number of sulfonamides is 1. The number of amides is 2. The van der Waals surface area contributed by atoms with Crippen molar-refractivity contribution in [1.82, 2.24) is 10.2 Å². The van der Waals surface area contributed by atoms with E-state index in [1.54, 1.807) is 6.07 Å². The highest BCUT2D eigenvalue weighted by Crippen LogP contribution is 2.60. The molecule has 0 heterocycles. The van der Waals surface area contributed by atoms with Gasteiger partial charge in [0.25, 0.3) is 0 Å². The average Bonchev–Trinajstić information content (AvgIpc) is 3.58. The number of carbonyl (C=O) groups excluding carboxylic acids is 2. The summed E-state index contributed by atoms with van der Waals surface area (Å²) in [4.78, 5) is 30.2. The lowest BCUT2D eigenvalue weighted by atomic mass is 9.48. The van der Waals surface area contributed by atoms with E-state index in [0.29, 0.717) is 16.3 Å². The Morgan fingerprint density at radius 3 is 2.04 bits per heavy atom. The van der Waals surface area contributed by atoms with Crippen LogP contribution in [0.15, 0.2) is 78.9 Å². The fraction of sp³-hybridized carbons (Fsp3) is 0.500. The number of nitrogens with one attached hydrogen (secondary N) is 1. The second kappa shape index (κ2) is 14.1. The van der Waals surface area contributed by atoms with Gasteiger partial charge in [-0.05, 0) is 109 Å². The summed E-state index contributed by atoms with van der Waals surface area (Å²) in [6.45, 7) is -0.362. The highest BCUT2D eigenvalue weighted by molar-refractivity contribution is 7.92. The molecule has 1 N–H and O–H groups in total. The van der Waals surface area contributed by atoms with E-state index < -0.39 is 28.5 Å². The highest BCUT2D eigenvalue weighted by Gasteiger charge is 2.51. The number of rotatable bonds is 12. The first kappa shape index (κ1) is 34.1. The molecule has 260 valence electrons. The molecule has 0 spiro atoms. The maximum atomic E-state index is 14.6. The SMILES string of the molecule is CS(=O)(=O)N(CC(=O)N(Cc1ccccc1Cl)[C@@H](Cc1ccccc1)C(=O)NC1CCCC1)c1ccc(C23CC4CC(CC(C4)C2)C3)cc1. The lowest BCUT2D eigenvalue weighted by Gasteiger charge is -2.57. The third-order valence-corrected chi connectivity index (χ3v) is 13.3. The first-order valence-corrected chi connectivity index (χ1v) is 20.2. The zero-order chi connectivity index (χ0) is 34.2. The first-order chi connectivity index (χ1) is 23.6. The molecule has 0 saturated heterocycles. The molecule has 9 heteroatoms. The normalized spacial score (nSPS) is 25.2. The summed E-state index contributed by atoms with van der Waals surface area (Å²) >= 11 is 6.61. The lowest BCUT2D eigenvalue weighted by Crippen LogP contribution is -2.54. The van der Waals surface area contributed by atoms with Gasteiger partial charge in [0.15, 0.2) is 0 Å². The number of benzene rings is 3. The van der Waals surface area contributed by atoms with Crippen LogP contribution in [0.4, 0.5) is 5.69 Å². The van der Waals surface area contributed by atoms with E-state index in [0.717, 1.165) is 55.3 Å². The maximum absolute atomic E-state index is 14.6. The first-order valence-electron chi connectivity index (χ1n) is 18.0. The van der Waals surface area contributed by atoms with Crippen LogP contribution in [0.3, 0.4) is 0 Å². The Labute approximate surface area is 296 Å². The Bertz CT molecular complexity index is 1720. The predicted molar refractivity (Wildman–Crippen MR) is 195 cm³/mol. The second-order valence-corrected chi connectivity index (χ2v) is 17.6. The lowest BCUT2D eigenvalue weighted by molar-refractivity contribution is -0.140. The minimum atomic E-state index is -3.85. The van der Waals surface area contributed by atoms with Crippen molar-refractivity contribution in [2.45, 2.75) is 94.7 Å². The molecule has 2 amide bonds. The molecule has 8 rings (SSSR count). The van der Waals surface area contributed by atoms with Gasteiger partial charge in [-0.3, -0.25) is 13.9 Å². The minimum Gasteiger partial charge on any atom is -0.352 e. The van der Waals surface area contributed by atoms with Crippen LogP contribution < -0.4 is 9.62 Å². The van der Waals surface area contributed by atoms with Crippen LogP contribution in [0.25, 0.3) is 0 Å². The number of hydrogen-bond donors (Lipinski definition) is 1. The van der Waals surface area contributed by atoms with Crippen molar-refractivity contribution >= 4 is 39.1 Å². The molecule has 5 aliphatic carbocycles. The summed E-state index contributed by atoms with van der Waals surface area (Å²) < 4.78 is 28.0. The minimum absolute atomic E-state index is 0.0584. The maximum Gasteiger partial charge on any atom is 0.244 e. The van der Waals surface area contributed by atoms with E-state index in [9.17, 15) is 18.0 Å². The molecule has 4 bridgehead atoms. The third kappa shape index (κ3) is 7.56. The molecule has 5 fully saturated rings. The van der Waals surface area contributed by atoms with Crippen LogP contribution in [-0.4, -0.2) is 50.0 Å². The molecular formula is C40H48ClN3O4S. The van der Waals surface area contributed by atoms with Gasteiger partial charge in [-0.15, -0.1) is 0 Å². The van der Waals surface area contributed by atoms with E-state index in [2.05, 4.69) is 17.4 Å². The molecule has 3 aromatic rings. The van der Waals surface area contributed by atoms with Gasteiger partial charge in [0, 0.05) is 24.0 Å². The van der Waals surface area contributed by atoms with Gasteiger partial charge in [0.05, 0.1) is 11.9 Å². The van der Waals surface area contributed by atoms with Crippen LogP contribution in [0.2, 0.25) is 5.02 Å². The van der Waals surface area contributed by atoms with Gasteiger partial charge in [-0.25, -0.2) is 8.42 Å². The molecule has 0 unspecified atom stereocenters. The smallest absolute Gasteiger partial charge is 0.244 e. The molecular weight excluding hydrogens is 654 g/mol. The van der Waals surface area contributed by atoms with Gasteiger partial charge in [-0.2, -0.15) is 0 Å². The summed E-state index contributed by atoms with van der Waals surface area (Å²) in [5.41, 5.74) is 3.53. The molecule has 7 nitrogen and oxygen atoms in total. The number of halogens is 1. The van der Waals surface area contributed by atoms with Crippen LogP contribution >= 0.6 is 11.6 Å². The standard InChI is InChI=1S/C40H48ClN3O4S/c1-49(47,48)44(35-17-15-33(16-18-35)40-23-29-19-30(24-40)21-31(20-29)25-40)27-38(45)43(26-32-11-5-8-14-36(32)41)37(22-28-9-3-2-4-10-28)39(46)42-34-12-6-7-13-34/h2-5,8-11,14-18,29-31,34,37H,6-7,12-13,19-27H2,1H3,(H,42,46)/t29?,30?,31?,37-,40?/m0/s1. The van der Waals surface area contributed by atoms with Crippen molar-refractivity contribution in [2.75, 3.05) is 17.1 Å². The Morgan fingerprint density at radius 2 is 1.45 bits per heavy atom. The zero-order valence-corrected chi connectivity index (χ0v) is 30.0. The molecule has 1 atom stereocenters. The van der Waals surface area contributed by atoms with Gasteiger partial charge >= 0.3 is 0 Å². The van der Waals surface area contributed by atoms with Crippen LogP contribution in [0.1, 0.15) is 80.9 Å². The van der Waals surface area contributed by atoms with E-state index in [-0.39, 0.29) is 30.3 Å². The summed E-state index contributed by atoms with van der Waals surface area (Å²) in [6.07, 6.45) is 13.1. The number of nitrogens with zero attached hydrogens (tertiary/aromatic N) is 2. The van der Waals surface area contributed by atoms with Gasteiger partial charge < -0.3 is 10.2 Å². The molecule has 5 saturated carbocycles. The van der Waals surface area contributed by atoms with Crippen LogP contribution in [0, 0.1) is 17.8 Å². The molecule has 0 aliphatic heterocycles. The highest BCUT2D eigenvalue weighted by atomic mass is 35.5. The molecule has 0 aromatic heterocycles. The fourth-order valence-corrected chi connectivity index (χ4v) is 10.8. The number of hydrogen-bond acceptors (Lipinski definition) is 4. The summed E-state index contributed by atoms with van der Waals surface area (Å²) in [5, 5.41) is 3.69. The van der Waals surface area contributed by atoms with Crippen molar-refractivity contribution in [3.8, 4) is 0 Å². The zero-order valence-electron chi connectivity index (χ0n) is 28.4. The number of carbonyl (C=O) groups is 2. The molecule has 3 aromatic carbocycles. The average molecular weight is 702 g/mol. The predicted octanol–water partition coefficient (Wildman–Crippen LogP) is 7.27. The fourth-order valence-electron chi connectivity index (χ4n) is 9.79. The van der Waals surface area contributed by atoms with Crippen molar-refractivity contribution in [3.63, 3.8) is 0 Å². The summed E-state index contributed by atoms with van der Waals surface area (Å²) in [7, 11) is -3.85. The Hall–Kier alpha value is -3.36. The van der Waals surface area contributed by atoms with Gasteiger partial charge in [-0.1, -0.05) is 85.1 Å². The second-order valence-electron chi connectivity index (χ2n) is 15.3. The van der Waals surface area contributed by atoms with E-state index >= 15 is 0 Å². The van der Waals surface area contributed by atoms with E-state index in [1.165, 1.54) is 53.3 Å². The van der Waals surface area contributed by atoms with Gasteiger partial charge in [0.2, 0.25) is 21.8 Å². The van der Waals surface area contributed by atoms with Crippen LogP contribution in [0.5, 0.6) is 0 Å². The Morgan fingerprint density at radius 1 is 0.857 bits per heavy atom. The van der Waals surface area contributed by atoms with Crippen molar-refractivity contribution in [1.29, 1.82) is 0 Å². The van der Waals surface area contributed by atoms with E-state index in [4.69, 9.17) is 11.6 Å². The Kier molecular flexibility index (Phi) is 9.82. The topological polar surface area (TPSA) is 86.8 Å². The summed E-state index contributed by atoms with van der Waals surface area (Å²) in [5.74, 6) is 1.71.